The molecule has 2 aromatic rings. The molecular formula is C14H17N3O2S. The van der Waals surface area contributed by atoms with Crippen LogP contribution in [0.25, 0.3) is 0 Å². The van der Waals surface area contributed by atoms with Gasteiger partial charge < -0.3 is 14.8 Å². The van der Waals surface area contributed by atoms with Crippen LogP contribution in [0, 0.1) is 6.92 Å². The van der Waals surface area contributed by atoms with Gasteiger partial charge in [0.2, 0.25) is 0 Å². The van der Waals surface area contributed by atoms with Crippen molar-refractivity contribution in [3.63, 3.8) is 0 Å². The minimum absolute atomic E-state index is 0.0761. The van der Waals surface area contributed by atoms with Crippen LogP contribution in [0.3, 0.4) is 0 Å². The summed E-state index contributed by atoms with van der Waals surface area (Å²) in [4.78, 5) is 1.13. The molecular weight excluding hydrogens is 274 g/mol. The van der Waals surface area contributed by atoms with Gasteiger partial charge in [-0.15, -0.1) is 5.10 Å². The number of nitrogens with zero attached hydrogens (tertiary/aromatic N) is 2. The summed E-state index contributed by atoms with van der Waals surface area (Å²) in [6.07, 6.45) is 0.914. The van der Waals surface area contributed by atoms with E-state index in [1.807, 2.05) is 26.1 Å². The van der Waals surface area contributed by atoms with Gasteiger partial charge in [-0.2, -0.15) is 0 Å². The van der Waals surface area contributed by atoms with Crippen LogP contribution in [0.15, 0.2) is 18.2 Å². The molecule has 5 nitrogen and oxygen atoms in total. The highest BCUT2D eigenvalue weighted by molar-refractivity contribution is 7.05. The Morgan fingerprint density at radius 3 is 2.75 bits per heavy atom. The molecule has 0 bridgehead atoms. The van der Waals surface area contributed by atoms with Crippen molar-refractivity contribution >= 4 is 11.5 Å². The summed E-state index contributed by atoms with van der Waals surface area (Å²) in [6, 6.07) is 6.16. The molecule has 6 heteroatoms. The van der Waals surface area contributed by atoms with Crippen molar-refractivity contribution in [2.75, 3.05) is 20.3 Å². The maximum Gasteiger partial charge on any atom is 0.161 e. The second kappa shape index (κ2) is 5.76. The molecule has 1 aliphatic heterocycles. The van der Waals surface area contributed by atoms with Gasteiger partial charge in [0.1, 0.15) is 0 Å². The van der Waals surface area contributed by atoms with Crippen LogP contribution in [0.2, 0.25) is 0 Å². The lowest BCUT2D eigenvalue weighted by Crippen LogP contribution is -2.17. The Morgan fingerprint density at radius 1 is 1.25 bits per heavy atom. The Hall–Kier alpha value is -1.66. The van der Waals surface area contributed by atoms with Crippen molar-refractivity contribution in [2.24, 2.45) is 0 Å². The standard InChI is InChI=1S/C14H17N3O2S/c1-9-14(20-17-16-9)13(15-2)10-4-5-11-12(8-10)19-7-3-6-18-11/h4-5,8,13,15H,3,6-7H2,1-2H3. The fraction of sp³-hybridized carbons (Fsp3) is 0.429. The summed E-state index contributed by atoms with van der Waals surface area (Å²) in [7, 11) is 1.94. The summed E-state index contributed by atoms with van der Waals surface area (Å²) in [5.74, 6) is 1.63. The van der Waals surface area contributed by atoms with Gasteiger partial charge in [0.15, 0.2) is 11.5 Å². The van der Waals surface area contributed by atoms with Crippen LogP contribution in [-0.2, 0) is 0 Å². The average molecular weight is 291 g/mol. The predicted octanol–water partition coefficient (Wildman–Crippen LogP) is 2.32. The SMILES string of the molecule is CNC(c1ccc2c(c1)OCCCO2)c1snnc1C. The molecule has 1 aliphatic rings. The minimum atomic E-state index is 0.0761. The number of nitrogens with one attached hydrogen (secondary N) is 1. The first-order valence-corrected chi connectivity index (χ1v) is 7.42. The molecule has 1 aromatic heterocycles. The van der Waals surface area contributed by atoms with Gasteiger partial charge >= 0.3 is 0 Å². The molecule has 106 valence electrons. The van der Waals surface area contributed by atoms with E-state index in [-0.39, 0.29) is 6.04 Å². The zero-order valence-corrected chi connectivity index (χ0v) is 12.4. The maximum absolute atomic E-state index is 5.75. The van der Waals surface area contributed by atoms with E-state index >= 15 is 0 Å². The van der Waals surface area contributed by atoms with E-state index < -0.39 is 0 Å². The molecule has 1 atom stereocenters. The number of fused-ring (bicyclic) bond motifs is 1. The molecule has 0 saturated heterocycles. The van der Waals surface area contributed by atoms with Gasteiger partial charge in [0.25, 0.3) is 0 Å². The second-order valence-electron chi connectivity index (χ2n) is 4.70. The largest absolute Gasteiger partial charge is 0.490 e. The number of aryl methyl sites for hydroxylation is 1. The van der Waals surface area contributed by atoms with E-state index in [2.05, 4.69) is 21.0 Å². The van der Waals surface area contributed by atoms with Gasteiger partial charge in [0, 0.05) is 6.42 Å². The van der Waals surface area contributed by atoms with Crippen molar-refractivity contribution in [1.29, 1.82) is 0 Å². The highest BCUT2D eigenvalue weighted by atomic mass is 32.1. The van der Waals surface area contributed by atoms with E-state index in [1.54, 1.807) is 0 Å². The lowest BCUT2D eigenvalue weighted by Gasteiger charge is -2.17. The van der Waals surface area contributed by atoms with Crippen LogP contribution in [-0.4, -0.2) is 29.8 Å². The Balaban J connectivity index is 1.96. The molecule has 3 rings (SSSR count). The molecule has 0 fully saturated rings. The molecule has 20 heavy (non-hydrogen) atoms. The first-order chi connectivity index (χ1) is 9.79. The van der Waals surface area contributed by atoms with Crippen LogP contribution in [0.5, 0.6) is 11.5 Å². The summed E-state index contributed by atoms with van der Waals surface area (Å²) >= 11 is 1.42. The molecule has 0 amide bonds. The lowest BCUT2D eigenvalue weighted by atomic mass is 10.0. The Bertz CT molecular complexity index is 600. The molecule has 0 spiro atoms. The van der Waals surface area contributed by atoms with Crippen molar-refractivity contribution in [3.8, 4) is 11.5 Å². The molecule has 1 aromatic carbocycles. The molecule has 1 N–H and O–H groups in total. The summed E-state index contributed by atoms with van der Waals surface area (Å²) in [5, 5.41) is 7.40. The van der Waals surface area contributed by atoms with Crippen molar-refractivity contribution in [2.45, 2.75) is 19.4 Å². The number of hydrogen-bond acceptors (Lipinski definition) is 6. The zero-order valence-electron chi connectivity index (χ0n) is 11.5. The average Bonchev–Trinajstić information content (AvgIpc) is 2.75. The fourth-order valence-electron chi connectivity index (χ4n) is 2.31. The molecule has 1 unspecified atom stereocenters. The van der Waals surface area contributed by atoms with Crippen molar-refractivity contribution < 1.29 is 9.47 Å². The molecule has 0 saturated carbocycles. The predicted molar refractivity (Wildman–Crippen MR) is 77.6 cm³/mol. The highest BCUT2D eigenvalue weighted by Gasteiger charge is 2.20. The summed E-state index contributed by atoms with van der Waals surface area (Å²) in [6.45, 7) is 3.38. The monoisotopic (exact) mass is 291 g/mol. The first kappa shape index (κ1) is 13.3. The third-order valence-electron chi connectivity index (χ3n) is 3.34. The van der Waals surface area contributed by atoms with Gasteiger partial charge in [-0.05, 0) is 43.2 Å². The van der Waals surface area contributed by atoms with E-state index in [0.717, 1.165) is 34.1 Å². The Labute approximate surface area is 122 Å². The minimum Gasteiger partial charge on any atom is -0.490 e. The smallest absolute Gasteiger partial charge is 0.161 e. The Kier molecular flexibility index (Phi) is 3.84. The number of hydrogen-bond donors (Lipinski definition) is 1. The van der Waals surface area contributed by atoms with Crippen molar-refractivity contribution in [3.05, 3.63) is 34.3 Å². The molecule has 0 radical (unpaired) electrons. The van der Waals surface area contributed by atoms with E-state index in [4.69, 9.17) is 9.47 Å². The van der Waals surface area contributed by atoms with Crippen molar-refractivity contribution in [1.82, 2.24) is 14.9 Å². The van der Waals surface area contributed by atoms with E-state index in [1.165, 1.54) is 11.5 Å². The number of ether oxygens (including phenoxy) is 2. The Morgan fingerprint density at radius 2 is 2.05 bits per heavy atom. The quantitative estimate of drug-likeness (QED) is 0.940. The normalized spacial score (nSPS) is 15.7. The highest BCUT2D eigenvalue weighted by Crippen LogP contribution is 2.35. The fourth-order valence-corrected chi connectivity index (χ4v) is 3.09. The summed E-state index contributed by atoms with van der Waals surface area (Å²) in [5.41, 5.74) is 2.09. The van der Waals surface area contributed by atoms with Crippen LogP contribution >= 0.6 is 11.5 Å². The molecule has 0 aliphatic carbocycles. The van der Waals surface area contributed by atoms with Gasteiger partial charge in [-0.3, -0.25) is 0 Å². The number of rotatable bonds is 3. The number of aromatic nitrogens is 2. The van der Waals surface area contributed by atoms with E-state index in [0.29, 0.717) is 13.2 Å². The number of benzene rings is 1. The van der Waals surface area contributed by atoms with Crippen LogP contribution in [0.4, 0.5) is 0 Å². The zero-order chi connectivity index (χ0) is 13.9. The first-order valence-electron chi connectivity index (χ1n) is 6.65. The maximum atomic E-state index is 5.75. The van der Waals surface area contributed by atoms with Gasteiger partial charge in [0.05, 0.1) is 29.8 Å². The summed E-state index contributed by atoms with van der Waals surface area (Å²) < 4.78 is 15.4. The second-order valence-corrected chi connectivity index (χ2v) is 5.49. The van der Waals surface area contributed by atoms with Crippen LogP contribution < -0.4 is 14.8 Å². The lowest BCUT2D eigenvalue weighted by molar-refractivity contribution is 0.297. The van der Waals surface area contributed by atoms with Gasteiger partial charge in [-0.1, -0.05) is 10.6 Å². The molecule has 2 heterocycles. The van der Waals surface area contributed by atoms with Crippen LogP contribution in [0.1, 0.15) is 28.6 Å². The van der Waals surface area contributed by atoms with E-state index in [9.17, 15) is 0 Å². The topological polar surface area (TPSA) is 56.3 Å². The third-order valence-corrected chi connectivity index (χ3v) is 4.23. The van der Waals surface area contributed by atoms with Gasteiger partial charge in [-0.25, -0.2) is 0 Å². The third kappa shape index (κ3) is 2.48.